The maximum atomic E-state index is 12.3. The van der Waals surface area contributed by atoms with E-state index in [0.717, 1.165) is 25.9 Å². The average Bonchev–Trinajstić information content (AvgIpc) is 3.22. The molecule has 130 valence electrons. The van der Waals surface area contributed by atoms with Crippen molar-refractivity contribution in [3.63, 3.8) is 0 Å². The highest BCUT2D eigenvalue weighted by atomic mass is 16.5. The Morgan fingerprint density at radius 2 is 2.12 bits per heavy atom. The van der Waals surface area contributed by atoms with Crippen LogP contribution in [0.3, 0.4) is 0 Å². The van der Waals surface area contributed by atoms with Crippen molar-refractivity contribution in [2.24, 2.45) is 5.92 Å². The lowest BCUT2D eigenvalue weighted by molar-refractivity contribution is -0.129. The van der Waals surface area contributed by atoms with Crippen LogP contribution < -0.4 is 5.32 Å². The minimum atomic E-state index is -0.225. The molecule has 5 nitrogen and oxygen atoms in total. The number of carbonyl (C=O) groups is 2. The van der Waals surface area contributed by atoms with E-state index in [1.165, 1.54) is 11.1 Å². The van der Waals surface area contributed by atoms with E-state index < -0.39 is 0 Å². The molecule has 24 heavy (non-hydrogen) atoms. The van der Waals surface area contributed by atoms with Crippen LogP contribution in [0.5, 0.6) is 0 Å². The van der Waals surface area contributed by atoms with Crippen molar-refractivity contribution in [1.29, 1.82) is 0 Å². The van der Waals surface area contributed by atoms with Crippen LogP contribution in [0.15, 0.2) is 24.3 Å². The van der Waals surface area contributed by atoms with Gasteiger partial charge in [0.15, 0.2) is 0 Å². The predicted molar refractivity (Wildman–Crippen MR) is 91.6 cm³/mol. The van der Waals surface area contributed by atoms with E-state index in [4.69, 9.17) is 4.74 Å². The fourth-order valence-corrected chi connectivity index (χ4v) is 3.35. The van der Waals surface area contributed by atoms with Crippen LogP contribution in [0.25, 0.3) is 0 Å². The van der Waals surface area contributed by atoms with Gasteiger partial charge in [0.25, 0.3) is 0 Å². The van der Waals surface area contributed by atoms with Crippen molar-refractivity contribution in [3.05, 3.63) is 35.4 Å². The molecule has 2 heterocycles. The first-order valence-corrected chi connectivity index (χ1v) is 8.84. The molecule has 0 aromatic heterocycles. The number of hydrogen-bond donors (Lipinski definition) is 1. The van der Waals surface area contributed by atoms with Crippen LogP contribution in [0.2, 0.25) is 0 Å². The molecule has 2 aliphatic heterocycles. The van der Waals surface area contributed by atoms with Gasteiger partial charge in [-0.15, -0.1) is 0 Å². The Labute approximate surface area is 143 Å². The standard InChI is InChI=1S/C19H26N2O3/c1-14-4-6-15(7-5-14)8-9-21-13-16(11-18(21)22)19(23)20-12-17-3-2-10-24-17/h4-7,16-17H,2-3,8-13H2,1H3,(H,20,23). The Kier molecular flexibility index (Phi) is 5.51. The SMILES string of the molecule is Cc1ccc(CCN2CC(C(=O)NCC3CCCO3)CC2=O)cc1. The van der Waals surface area contributed by atoms with Crippen LogP contribution >= 0.6 is 0 Å². The first kappa shape index (κ1) is 17.0. The van der Waals surface area contributed by atoms with Gasteiger partial charge in [0.05, 0.1) is 12.0 Å². The minimum absolute atomic E-state index is 0.0170. The molecule has 0 spiro atoms. The third kappa shape index (κ3) is 4.35. The van der Waals surface area contributed by atoms with E-state index >= 15 is 0 Å². The predicted octanol–water partition coefficient (Wildman–Crippen LogP) is 1.68. The quantitative estimate of drug-likeness (QED) is 0.863. The third-order valence-corrected chi connectivity index (χ3v) is 4.90. The molecule has 1 aromatic carbocycles. The highest BCUT2D eigenvalue weighted by Gasteiger charge is 2.34. The van der Waals surface area contributed by atoms with Crippen molar-refractivity contribution in [1.82, 2.24) is 10.2 Å². The first-order chi connectivity index (χ1) is 11.6. The van der Waals surface area contributed by atoms with Crippen molar-refractivity contribution in [2.75, 3.05) is 26.2 Å². The second kappa shape index (κ2) is 7.79. The van der Waals surface area contributed by atoms with Gasteiger partial charge >= 0.3 is 0 Å². The number of ether oxygens (including phenoxy) is 1. The van der Waals surface area contributed by atoms with Gasteiger partial charge < -0.3 is 15.0 Å². The second-order valence-corrected chi connectivity index (χ2v) is 6.86. The molecule has 2 amide bonds. The van der Waals surface area contributed by atoms with Crippen LogP contribution in [0.1, 0.15) is 30.4 Å². The Morgan fingerprint density at radius 3 is 2.83 bits per heavy atom. The molecule has 2 aliphatic rings. The van der Waals surface area contributed by atoms with Crippen LogP contribution in [-0.2, 0) is 20.7 Å². The number of likely N-dealkylation sites (tertiary alicyclic amines) is 1. The number of nitrogens with one attached hydrogen (secondary N) is 1. The van der Waals surface area contributed by atoms with Gasteiger partial charge in [0.2, 0.25) is 11.8 Å². The second-order valence-electron chi connectivity index (χ2n) is 6.86. The average molecular weight is 330 g/mol. The molecule has 5 heteroatoms. The highest BCUT2D eigenvalue weighted by Crippen LogP contribution is 2.19. The van der Waals surface area contributed by atoms with E-state index in [0.29, 0.717) is 26.1 Å². The fourth-order valence-electron chi connectivity index (χ4n) is 3.35. The van der Waals surface area contributed by atoms with Gasteiger partial charge in [0.1, 0.15) is 0 Å². The summed E-state index contributed by atoms with van der Waals surface area (Å²) in [5.41, 5.74) is 2.46. The van der Waals surface area contributed by atoms with Gasteiger partial charge in [-0.3, -0.25) is 9.59 Å². The van der Waals surface area contributed by atoms with Gasteiger partial charge in [-0.1, -0.05) is 29.8 Å². The summed E-state index contributed by atoms with van der Waals surface area (Å²) in [6.07, 6.45) is 3.37. The molecule has 0 radical (unpaired) electrons. The maximum Gasteiger partial charge on any atom is 0.225 e. The zero-order chi connectivity index (χ0) is 16.9. The maximum absolute atomic E-state index is 12.3. The topological polar surface area (TPSA) is 58.6 Å². The van der Waals surface area contributed by atoms with Crippen LogP contribution in [0.4, 0.5) is 0 Å². The molecular weight excluding hydrogens is 304 g/mol. The first-order valence-electron chi connectivity index (χ1n) is 8.84. The molecule has 0 bridgehead atoms. The zero-order valence-corrected chi connectivity index (χ0v) is 14.3. The number of amides is 2. The van der Waals surface area contributed by atoms with Gasteiger partial charge in [-0.25, -0.2) is 0 Å². The molecule has 2 unspecified atom stereocenters. The van der Waals surface area contributed by atoms with E-state index in [1.807, 2.05) is 4.90 Å². The number of benzene rings is 1. The Bertz CT molecular complexity index is 579. The smallest absolute Gasteiger partial charge is 0.225 e. The van der Waals surface area contributed by atoms with Crippen molar-refractivity contribution >= 4 is 11.8 Å². The van der Waals surface area contributed by atoms with E-state index in [2.05, 4.69) is 36.5 Å². The van der Waals surface area contributed by atoms with E-state index in [1.54, 1.807) is 0 Å². The molecule has 0 saturated carbocycles. The van der Waals surface area contributed by atoms with E-state index in [-0.39, 0.29) is 23.8 Å². The normalized spacial score (nSPS) is 23.7. The summed E-state index contributed by atoms with van der Waals surface area (Å²) < 4.78 is 5.51. The Balaban J connectivity index is 1.44. The summed E-state index contributed by atoms with van der Waals surface area (Å²) in [6, 6.07) is 8.37. The summed E-state index contributed by atoms with van der Waals surface area (Å²) >= 11 is 0. The molecule has 2 fully saturated rings. The van der Waals surface area contributed by atoms with Crippen molar-refractivity contribution in [2.45, 2.75) is 38.7 Å². The van der Waals surface area contributed by atoms with Gasteiger partial charge in [-0.05, 0) is 31.7 Å². The fraction of sp³-hybridized carbons (Fsp3) is 0.579. The number of aryl methyl sites for hydroxylation is 1. The monoisotopic (exact) mass is 330 g/mol. The number of rotatable bonds is 6. The molecular formula is C19H26N2O3. The summed E-state index contributed by atoms with van der Waals surface area (Å²) in [4.78, 5) is 26.2. The Morgan fingerprint density at radius 1 is 1.33 bits per heavy atom. The van der Waals surface area contributed by atoms with Crippen LogP contribution in [-0.4, -0.2) is 49.1 Å². The molecule has 1 aromatic rings. The van der Waals surface area contributed by atoms with Gasteiger partial charge in [0, 0.05) is 32.7 Å². The largest absolute Gasteiger partial charge is 0.376 e. The lowest BCUT2D eigenvalue weighted by Gasteiger charge is -2.17. The summed E-state index contributed by atoms with van der Waals surface area (Å²) in [7, 11) is 0. The lowest BCUT2D eigenvalue weighted by Crippen LogP contribution is -2.37. The third-order valence-electron chi connectivity index (χ3n) is 4.90. The zero-order valence-electron chi connectivity index (χ0n) is 14.3. The molecule has 1 N–H and O–H groups in total. The molecule has 3 rings (SSSR count). The van der Waals surface area contributed by atoms with E-state index in [9.17, 15) is 9.59 Å². The van der Waals surface area contributed by atoms with Gasteiger partial charge in [-0.2, -0.15) is 0 Å². The minimum Gasteiger partial charge on any atom is -0.376 e. The van der Waals surface area contributed by atoms with Crippen molar-refractivity contribution < 1.29 is 14.3 Å². The summed E-state index contributed by atoms with van der Waals surface area (Å²) in [6.45, 7) is 4.62. The molecule has 0 aliphatic carbocycles. The number of nitrogens with zero attached hydrogens (tertiary/aromatic N) is 1. The summed E-state index contributed by atoms with van der Waals surface area (Å²) in [5.74, 6) is -0.159. The molecule has 2 saturated heterocycles. The Hall–Kier alpha value is -1.88. The molecule has 2 atom stereocenters. The lowest BCUT2D eigenvalue weighted by atomic mass is 10.1. The number of carbonyl (C=O) groups excluding carboxylic acids is 2. The number of hydrogen-bond acceptors (Lipinski definition) is 3. The van der Waals surface area contributed by atoms with Crippen LogP contribution in [0, 0.1) is 12.8 Å². The highest BCUT2D eigenvalue weighted by molar-refractivity contribution is 5.89. The van der Waals surface area contributed by atoms with Crippen molar-refractivity contribution in [3.8, 4) is 0 Å². The summed E-state index contributed by atoms with van der Waals surface area (Å²) in [5, 5.41) is 2.94.